The third-order valence-electron chi connectivity index (χ3n) is 4.28. The van der Waals surface area contributed by atoms with Crippen LogP contribution in [0.1, 0.15) is 11.3 Å². The van der Waals surface area contributed by atoms with E-state index in [2.05, 4.69) is 9.98 Å². The number of aliphatic imine (C=N–C) groups is 1. The largest absolute Gasteiger partial charge is 0.276 e. The number of hydrogen-bond donors (Lipinski definition) is 0. The van der Waals surface area contributed by atoms with Crippen LogP contribution < -0.4 is 4.90 Å². The quantitative estimate of drug-likeness (QED) is 0.283. The van der Waals surface area contributed by atoms with Gasteiger partial charge >= 0.3 is 0 Å². The topological polar surface area (TPSA) is 88.7 Å². The maximum Gasteiger partial charge on any atom is 0.276 e. The van der Waals surface area contributed by atoms with Crippen LogP contribution in [0.3, 0.4) is 0 Å². The van der Waals surface area contributed by atoms with E-state index >= 15 is 0 Å². The Morgan fingerprint density at radius 1 is 1.13 bits per heavy atom. The van der Waals surface area contributed by atoms with Crippen molar-refractivity contribution in [3.63, 3.8) is 0 Å². The van der Waals surface area contributed by atoms with Crippen molar-refractivity contribution in [3.05, 3.63) is 98.4 Å². The molecule has 3 aromatic rings. The number of thioether (sulfide) groups is 1. The number of nitrogens with zero attached hydrogens (tertiary/aromatic N) is 4. The van der Waals surface area contributed by atoms with Crippen LogP contribution >= 0.6 is 23.1 Å². The molecule has 0 saturated carbocycles. The minimum absolute atomic E-state index is 0.00912. The molecule has 4 rings (SSSR count). The van der Waals surface area contributed by atoms with Crippen LogP contribution in [0.2, 0.25) is 0 Å². The molecular weight excluding hydrogens is 432 g/mol. The third-order valence-corrected chi connectivity index (χ3v) is 6.12. The van der Waals surface area contributed by atoms with Crippen LogP contribution in [0.15, 0.2) is 82.0 Å². The molecule has 0 aliphatic carbocycles. The Kier molecular flexibility index (Phi) is 6.06. The second-order valence-corrected chi connectivity index (χ2v) is 8.30. The van der Waals surface area contributed by atoms with Crippen LogP contribution in [0.25, 0.3) is 6.08 Å². The Labute approximate surface area is 186 Å². The van der Waals surface area contributed by atoms with Crippen molar-refractivity contribution >= 4 is 56.8 Å². The molecule has 0 spiro atoms. The third kappa shape index (κ3) is 4.62. The van der Waals surface area contributed by atoms with Gasteiger partial charge in [0.1, 0.15) is 0 Å². The van der Waals surface area contributed by atoms with Crippen molar-refractivity contribution in [1.29, 1.82) is 0 Å². The number of carbonyl (C=O) groups excluding carboxylic acids is 1. The van der Waals surface area contributed by atoms with E-state index in [-0.39, 0.29) is 11.6 Å². The summed E-state index contributed by atoms with van der Waals surface area (Å²) in [5.41, 5.74) is 2.05. The second-order valence-electron chi connectivity index (χ2n) is 6.45. The smallest absolute Gasteiger partial charge is 0.268 e. The number of aryl methyl sites for hydroxylation is 1. The number of rotatable bonds is 5. The molecule has 0 N–H and O–H groups in total. The molecule has 1 amide bonds. The summed E-state index contributed by atoms with van der Waals surface area (Å²) in [7, 11) is 0. The van der Waals surface area contributed by atoms with Crippen molar-refractivity contribution in [2.45, 2.75) is 6.92 Å². The summed E-state index contributed by atoms with van der Waals surface area (Å²) in [5.74, 6) is -0.213. The molecule has 1 saturated heterocycles. The molecule has 1 aromatic heterocycles. The fraction of sp³-hybridized carbons (Fsp3) is 0.0455. The first-order valence-electron chi connectivity index (χ1n) is 9.23. The number of hydrogen-bond acceptors (Lipinski definition) is 7. The van der Waals surface area contributed by atoms with E-state index in [1.54, 1.807) is 41.3 Å². The Morgan fingerprint density at radius 3 is 2.58 bits per heavy atom. The number of thiazole rings is 1. The SMILES string of the molecule is Cc1csc(/N=C2/S/C(=C\C=C\c3ccccc3[N+](=O)[O-])C(=O)N2c2ccccc2)n1. The predicted octanol–water partition coefficient (Wildman–Crippen LogP) is 5.72. The van der Waals surface area contributed by atoms with Gasteiger partial charge in [-0.2, -0.15) is 4.99 Å². The van der Waals surface area contributed by atoms with Crippen molar-refractivity contribution < 1.29 is 9.72 Å². The van der Waals surface area contributed by atoms with Crippen LogP contribution in [-0.4, -0.2) is 21.0 Å². The molecule has 1 aliphatic heterocycles. The van der Waals surface area contributed by atoms with Gasteiger partial charge in [-0.25, -0.2) is 4.98 Å². The van der Waals surface area contributed by atoms with Gasteiger partial charge in [-0.1, -0.05) is 36.4 Å². The van der Waals surface area contributed by atoms with E-state index in [1.807, 2.05) is 42.6 Å². The highest BCUT2D eigenvalue weighted by Crippen LogP contribution is 2.36. The molecule has 2 aromatic carbocycles. The van der Waals surface area contributed by atoms with Gasteiger partial charge in [0, 0.05) is 11.4 Å². The first-order valence-corrected chi connectivity index (χ1v) is 10.9. The summed E-state index contributed by atoms with van der Waals surface area (Å²) >= 11 is 2.65. The maximum atomic E-state index is 13.1. The molecule has 31 heavy (non-hydrogen) atoms. The number of benzene rings is 2. The van der Waals surface area contributed by atoms with Gasteiger partial charge in [-0.05, 0) is 49.0 Å². The molecular formula is C22H16N4O3S2. The summed E-state index contributed by atoms with van der Waals surface area (Å²) in [6, 6.07) is 15.7. The monoisotopic (exact) mass is 448 g/mol. The van der Waals surface area contributed by atoms with E-state index < -0.39 is 4.92 Å². The van der Waals surface area contributed by atoms with E-state index in [0.29, 0.717) is 26.5 Å². The second kappa shape index (κ2) is 9.07. The fourth-order valence-corrected chi connectivity index (χ4v) is 4.53. The number of carbonyl (C=O) groups is 1. The van der Waals surface area contributed by atoms with Gasteiger partial charge in [-0.15, -0.1) is 11.3 Å². The lowest BCUT2D eigenvalue weighted by atomic mass is 10.1. The highest BCUT2D eigenvalue weighted by atomic mass is 32.2. The van der Waals surface area contributed by atoms with Crippen molar-refractivity contribution in [3.8, 4) is 0 Å². The Balaban J connectivity index is 1.67. The zero-order chi connectivity index (χ0) is 21.8. The predicted molar refractivity (Wildman–Crippen MR) is 126 cm³/mol. The lowest BCUT2D eigenvalue weighted by molar-refractivity contribution is -0.385. The fourth-order valence-electron chi connectivity index (χ4n) is 2.88. The highest BCUT2D eigenvalue weighted by molar-refractivity contribution is 8.19. The molecule has 1 fully saturated rings. The lowest BCUT2D eigenvalue weighted by Crippen LogP contribution is -2.28. The molecule has 154 valence electrons. The Bertz CT molecular complexity index is 1230. The zero-order valence-electron chi connectivity index (χ0n) is 16.3. The van der Waals surface area contributed by atoms with E-state index in [9.17, 15) is 14.9 Å². The average Bonchev–Trinajstić information content (AvgIpc) is 3.31. The molecule has 0 atom stereocenters. The number of nitro benzene ring substituents is 1. The zero-order valence-corrected chi connectivity index (χ0v) is 18.0. The number of amidine groups is 1. The van der Waals surface area contributed by atoms with Gasteiger partial charge in [-0.3, -0.25) is 19.8 Å². The van der Waals surface area contributed by atoms with Gasteiger partial charge < -0.3 is 0 Å². The summed E-state index contributed by atoms with van der Waals surface area (Å²) < 4.78 is 0. The van der Waals surface area contributed by atoms with Crippen LogP contribution in [0, 0.1) is 17.0 Å². The summed E-state index contributed by atoms with van der Waals surface area (Å²) in [6.07, 6.45) is 4.91. The number of amides is 1. The lowest BCUT2D eigenvalue weighted by Gasteiger charge is -2.14. The standard InChI is InChI=1S/C22H16N4O3S2/c1-15-14-30-21(23-15)24-22-25(17-10-3-2-4-11-17)20(27)19(31-22)13-7-9-16-8-5-6-12-18(16)26(28)29/h2-14H,1H3/b9-7+,19-13-,24-22+. The minimum Gasteiger partial charge on any atom is -0.268 e. The van der Waals surface area contributed by atoms with E-state index in [4.69, 9.17) is 0 Å². The highest BCUT2D eigenvalue weighted by Gasteiger charge is 2.34. The number of aromatic nitrogens is 1. The Hall–Kier alpha value is -3.56. The number of para-hydroxylation sites is 2. The minimum atomic E-state index is -0.430. The van der Waals surface area contributed by atoms with Gasteiger partial charge in [0.15, 0.2) is 5.17 Å². The van der Waals surface area contributed by atoms with Gasteiger partial charge in [0.25, 0.3) is 11.6 Å². The number of anilines is 1. The van der Waals surface area contributed by atoms with Crippen molar-refractivity contribution in [1.82, 2.24) is 4.98 Å². The summed E-state index contributed by atoms with van der Waals surface area (Å²) in [5, 5.41) is 14.2. The molecule has 9 heteroatoms. The molecule has 2 heterocycles. The molecule has 1 aliphatic rings. The summed E-state index contributed by atoms with van der Waals surface area (Å²) in [6.45, 7) is 1.89. The molecule has 7 nitrogen and oxygen atoms in total. The van der Waals surface area contributed by atoms with E-state index in [1.165, 1.54) is 29.2 Å². The Morgan fingerprint density at radius 2 is 1.87 bits per heavy atom. The van der Waals surface area contributed by atoms with Crippen LogP contribution in [0.4, 0.5) is 16.5 Å². The average molecular weight is 449 g/mol. The van der Waals surface area contributed by atoms with Crippen molar-refractivity contribution in [2.24, 2.45) is 4.99 Å². The summed E-state index contributed by atoms with van der Waals surface area (Å²) in [4.78, 5) is 34.8. The molecule has 0 unspecified atom stereocenters. The number of nitro groups is 1. The first kappa shape index (κ1) is 20.7. The van der Waals surface area contributed by atoms with Gasteiger partial charge in [0.2, 0.25) is 5.13 Å². The van der Waals surface area contributed by atoms with Crippen molar-refractivity contribution in [2.75, 3.05) is 4.90 Å². The number of allylic oxidation sites excluding steroid dienone is 2. The first-order chi connectivity index (χ1) is 15.0. The van der Waals surface area contributed by atoms with Crippen LogP contribution in [-0.2, 0) is 4.79 Å². The molecule has 0 bridgehead atoms. The van der Waals surface area contributed by atoms with E-state index in [0.717, 1.165) is 5.69 Å². The van der Waals surface area contributed by atoms with Gasteiger partial charge in [0.05, 0.1) is 26.8 Å². The molecule has 0 radical (unpaired) electrons. The normalized spacial score (nSPS) is 16.7. The maximum absolute atomic E-state index is 13.1. The van der Waals surface area contributed by atoms with Crippen LogP contribution in [0.5, 0.6) is 0 Å².